The molecule has 8 nitrogen and oxygen atoms in total. The summed E-state index contributed by atoms with van der Waals surface area (Å²) in [5.41, 5.74) is 4.77. The van der Waals surface area contributed by atoms with E-state index in [1.165, 1.54) is 29.7 Å². The monoisotopic (exact) mass is 459 g/mol. The number of nitriles is 1. The first-order valence-electron chi connectivity index (χ1n) is 10.2. The van der Waals surface area contributed by atoms with Crippen molar-refractivity contribution in [1.82, 2.24) is 24.0 Å². The number of hydrogen-bond donors (Lipinski definition) is 1. The van der Waals surface area contributed by atoms with Crippen LogP contribution in [0.5, 0.6) is 0 Å². The number of carbonyl (C=O) groups is 1. The number of anilines is 1. The topological polar surface area (TPSA) is 100 Å². The molecule has 0 bridgehead atoms. The average molecular weight is 460 g/mol. The molecule has 0 aliphatic heterocycles. The van der Waals surface area contributed by atoms with Gasteiger partial charge in [-0.25, -0.2) is 18.9 Å². The van der Waals surface area contributed by atoms with Gasteiger partial charge in [0.15, 0.2) is 10.6 Å². The van der Waals surface area contributed by atoms with E-state index in [4.69, 9.17) is 0 Å². The maximum Gasteiger partial charge on any atom is 0.225 e. The number of nitrogens with zero attached hydrogens (tertiary/aromatic N) is 6. The van der Waals surface area contributed by atoms with Crippen LogP contribution in [0.25, 0.3) is 21.9 Å². The zero-order valence-corrected chi connectivity index (χ0v) is 18.6. The lowest BCUT2D eigenvalue weighted by molar-refractivity contribution is -0.116. The summed E-state index contributed by atoms with van der Waals surface area (Å²) in [5, 5.41) is 18.4. The molecule has 4 heterocycles. The van der Waals surface area contributed by atoms with Gasteiger partial charge in [-0.15, -0.1) is 11.3 Å². The van der Waals surface area contributed by atoms with Crippen molar-refractivity contribution in [3.63, 3.8) is 0 Å². The van der Waals surface area contributed by atoms with Crippen molar-refractivity contribution in [2.75, 3.05) is 5.32 Å². The van der Waals surface area contributed by atoms with Crippen molar-refractivity contribution in [2.24, 2.45) is 0 Å². The minimum atomic E-state index is -0.333. The first kappa shape index (κ1) is 20.8. The highest BCUT2D eigenvalue weighted by atomic mass is 32.1. The molecule has 0 fully saturated rings. The zero-order valence-electron chi connectivity index (χ0n) is 17.8. The molecule has 0 unspecified atom stereocenters. The van der Waals surface area contributed by atoms with Crippen molar-refractivity contribution in [1.29, 1.82) is 5.26 Å². The molecule has 1 amide bonds. The van der Waals surface area contributed by atoms with E-state index in [-0.39, 0.29) is 18.1 Å². The third kappa shape index (κ3) is 3.62. The molecule has 5 aromatic rings. The fourth-order valence-electron chi connectivity index (χ4n) is 3.90. The maximum atomic E-state index is 13.4. The minimum Gasteiger partial charge on any atom is -0.310 e. The molecule has 0 radical (unpaired) electrons. The summed E-state index contributed by atoms with van der Waals surface area (Å²) in [6.07, 6.45) is 4.02. The summed E-state index contributed by atoms with van der Waals surface area (Å²) in [6, 6.07) is 8.12. The van der Waals surface area contributed by atoms with Gasteiger partial charge in [0.2, 0.25) is 5.91 Å². The largest absolute Gasteiger partial charge is 0.310 e. The molecule has 1 aromatic carbocycles. The van der Waals surface area contributed by atoms with E-state index in [1.807, 2.05) is 29.8 Å². The number of hydrogen-bond acceptors (Lipinski definition) is 6. The number of benzene rings is 1. The van der Waals surface area contributed by atoms with E-state index in [0.29, 0.717) is 29.1 Å². The molecule has 0 aliphatic carbocycles. The zero-order chi connectivity index (χ0) is 23.1. The van der Waals surface area contributed by atoms with E-state index in [0.717, 1.165) is 27.5 Å². The van der Waals surface area contributed by atoms with Gasteiger partial charge in [-0.1, -0.05) is 0 Å². The minimum absolute atomic E-state index is 0.177. The molecule has 0 aliphatic rings. The number of carbonyl (C=O) groups excluding carboxylic acids is 1. The first-order valence-corrected chi connectivity index (χ1v) is 11.1. The van der Waals surface area contributed by atoms with E-state index in [1.54, 1.807) is 16.6 Å². The number of halogens is 1. The second kappa shape index (κ2) is 8.11. The summed E-state index contributed by atoms with van der Waals surface area (Å²) in [6.45, 7) is 3.77. The van der Waals surface area contributed by atoms with Gasteiger partial charge in [0.1, 0.15) is 29.0 Å². The fourth-order valence-corrected chi connectivity index (χ4v) is 4.61. The number of nitrogens with one attached hydrogen (secondary N) is 1. The van der Waals surface area contributed by atoms with Crippen LogP contribution in [-0.4, -0.2) is 29.9 Å². The summed E-state index contributed by atoms with van der Waals surface area (Å²) in [4.78, 5) is 22.8. The van der Waals surface area contributed by atoms with E-state index >= 15 is 0 Å². The molecule has 10 heteroatoms. The Hall–Kier alpha value is -4.10. The van der Waals surface area contributed by atoms with Crippen LogP contribution in [0.1, 0.15) is 28.9 Å². The lowest BCUT2D eigenvalue weighted by Gasteiger charge is -2.12. The van der Waals surface area contributed by atoms with Crippen molar-refractivity contribution >= 4 is 33.7 Å². The highest BCUT2D eigenvalue weighted by Gasteiger charge is 2.19. The van der Waals surface area contributed by atoms with Crippen LogP contribution in [0.15, 0.2) is 42.0 Å². The fraction of sp³-hybridized carbons (Fsp3) is 0.174. The Morgan fingerprint density at radius 1 is 1.24 bits per heavy atom. The lowest BCUT2D eigenvalue weighted by Crippen LogP contribution is -2.16. The second-order valence-electron chi connectivity index (χ2n) is 7.59. The Labute approximate surface area is 192 Å². The third-order valence-electron chi connectivity index (χ3n) is 5.57. The number of aryl methyl sites for hydroxylation is 2. The number of aromatic nitrogens is 5. The predicted molar refractivity (Wildman–Crippen MR) is 123 cm³/mol. The lowest BCUT2D eigenvalue weighted by atomic mass is 10.1. The number of amides is 1. The van der Waals surface area contributed by atoms with Crippen molar-refractivity contribution in [2.45, 2.75) is 26.7 Å². The van der Waals surface area contributed by atoms with Gasteiger partial charge in [0.05, 0.1) is 6.20 Å². The highest BCUT2D eigenvalue weighted by molar-refractivity contribution is 7.15. The summed E-state index contributed by atoms with van der Waals surface area (Å²) < 4.78 is 16.8. The smallest absolute Gasteiger partial charge is 0.225 e. The van der Waals surface area contributed by atoms with Gasteiger partial charge in [0.25, 0.3) is 0 Å². The van der Waals surface area contributed by atoms with Crippen LogP contribution in [0, 0.1) is 31.0 Å². The standard InChI is InChI=1S/C23H18FN7OS/c1-13-18(14(2)31-21(27-13)16(11-25)12-26-31)7-8-19(32)28-22-20(15-3-5-17(24)6-4-15)29-23-30(22)9-10-33-23/h3-6,9-10,12H,7-8H2,1-2H3,(H,28,32). The molecule has 0 saturated heterocycles. The molecule has 164 valence electrons. The van der Waals surface area contributed by atoms with Gasteiger partial charge in [-0.05, 0) is 50.1 Å². The predicted octanol–water partition coefficient (Wildman–Crippen LogP) is 4.30. The number of fused-ring (bicyclic) bond motifs is 2. The van der Waals surface area contributed by atoms with Crippen LogP contribution < -0.4 is 5.32 Å². The van der Waals surface area contributed by atoms with Gasteiger partial charge in [-0.3, -0.25) is 9.20 Å². The van der Waals surface area contributed by atoms with Gasteiger partial charge >= 0.3 is 0 Å². The quantitative estimate of drug-likeness (QED) is 0.422. The second-order valence-corrected chi connectivity index (χ2v) is 8.46. The SMILES string of the molecule is Cc1nc2c(C#N)cnn2c(C)c1CCC(=O)Nc1c(-c2ccc(F)cc2)nc2sccn12. The number of imidazole rings is 1. The van der Waals surface area contributed by atoms with Gasteiger partial charge < -0.3 is 5.32 Å². The number of thiazole rings is 1. The molecule has 0 atom stereocenters. The molecule has 0 saturated carbocycles. The van der Waals surface area contributed by atoms with Crippen molar-refractivity contribution < 1.29 is 9.18 Å². The van der Waals surface area contributed by atoms with Crippen LogP contribution in [0.2, 0.25) is 0 Å². The molecule has 33 heavy (non-hydrogen) atoms. The van der Waals surface area contributed by atoms with Crippen molar-refractivity contribution in [3.8, 4) is 17.3 Å². The van der Waals surface area contributed by atoms with Crippen LogP contribution >= 0.6 is 11.3 Å². The molecule has 5 rings (SSSR count). The Bertz CT molecular complexity index is 1560. The van der Waals surface area contributed by atoms with Gasteiger partial charge in [0, 0.05) is 34.9 Å². The summed E-state index contributed by atoms with van der Waals surface area (Å²) in [7, 11) is 0. The Kier molecular flexibility index (Phi) is 5.11. The van der Waals surface area contributed by atoms with Crippen LogP contribution in [0.3, 0.4) is 0 Å². The average Bonchev–Trinajstić information content (AvgIpc) is 3.50. The third-order valence-corrected chi connectivity index (χ3v) is 6.33. The normalized spacial score (nSPS) is 11.2. The summed E-state index contributed by atoms with van der Waals surface area (Å²) in [5.74, 6) is 0.0415. The first-order chi connectivity index (χ1) is 16.0. The van der Waals surface area contributed by atoms with E-state index in [2.05, 4.69) is 26.5 Å². The molecular weight excluding hydrogens is 441 g/mol. The van der Waals surface area contributed by atoms with E-state index in [9.17, 15) is 14.4 Å². The molecule has 1 N–H and O–H groups in total. The summed E-state index contributed by atoms with van der Waals surface area (Å²) >= 11 is 1.45. The van der Waals surface area contributed by atoms with Gasteiger partial charge in [-0.2, -0.15) is 10.4 Å². The number of rotatable bonds is 5. The molecule has 4 aromatic heterocycles. The van der Waals surface area contributed by atoms with Crippen molar-refractivity contribution in [3.05, 3.63) is 70.4 Å². The van der Waals surface area contributed by atoms with Crippen LogP contribution in [-0.2, 0) is 11.2 Å². The Morgan fingerprint density at radius 2 is 2.03 bits per heavy atom. The highest BCUT2D eigenvalue weighted by Crippen LogP contribution is 2.31. The maximum absolute atomic E-state index is 13.4. The molecular formula is C23H18FN7OS. The molecule has 0 spiro atoms. The van der Waals surface area contributed by atoms with E-state index < -0.39 is 0 Å². The Morgan fingerprint density at radius 3 is 2.79 bits per heavy atom. The Balaban J connectivity index is 1.40. The van der Waals surface area contributed by atoms with Crippen LogP contribution in [0.4, 0.5) is 10.2 Å².